The standard InChI is InChI=1S/C15H25N3O/c1-12(2)13(3)15(19)18(9-5-7-16)11-14-6-4-8-17-10-14/h4,6,8,10,12-13H,5,7,9,11,16H2,1-3H3. The Morgan fingerprint density at radius 2 is 2.16 bits per heavy atom. The van der Waals surface area contributed by atoms with E-state index in [0.717, 1.165) is 12.0 Å². The molecule has 0 fully saturated rings. The van der Waals surface area contributed by atoms with Gasteiger partial charge < -0.3 is 10.6 Å². The van der Waals surface area contributed by atoms with Crippen molar-refractivity contribution >= 4 is 5.91 Å². The third-order valence-electron chi connectivity index (χ3n) is 3.43. The highest BCUT2D eigenvalue weighted by molar-refractivity contribution is 5.78. The van der Waals surface area contributed by atoms with Crippen molar-refractivity contribution in [3.8, 4) is 0 Å². The van der Waals surface area contributed by atoms with Gasteiger partial charge in [0.1, 0.15) is 0 Å². The molecule has 0 radical (unpaired) electrons. The highest BCUT2D eigenvalue weighted by Crippen LogP contribution is 2.15. The van der Waals surface area contributed by atoms with Crippen molar-refractivity contribution in [2.75, 3.05) is 13.1 Å². The van der Waals surface area contributed by atoms with Crippen LogP contribution in [-0.2, 0) is 11.3 Å². The molecule has 1 atom stereocenters. The quantitative estimate of drug-likeness (QED) is 0.819. The van der Waals surface area contributed by atoms with Gasteiger partial charge in [-0.3, -0.25) is 9.78 Å². The number of carbonyl (C=O) groups excluding carboxylic acids is 1. The lowest BCUT2D eigenvalue weighted by Crippen LogP contribution is -2.37. The van der Waals surface area contributed by atoms with E-state index in [1.54, 1.807) is 6.20 Å². The van der Waals surface area contributed by atoms with Crippen LogP contribution in [0.15, 0.2) is 24.5 Å². The summed E-state index contributed by atoms with van der Waals surface area (Å²) in [5.41, 5.74) is 6.62. The van der Waals surface area contributed by atoms with Crippen molar-refractivity contribution in [3.63, 3.8) is 0 Å². The number of hydrogen-bond acceptors (Lipinski definition) is 3. The van der Waals surface area contributed by atoms with Crippen molar-refractivity contribution in [2.45, 2.75) is 33.7 Å². The Hall–Kier alpha value is -1.42. The zero-order valence-corrected chi connectivity index (χ0v) is 12.2. The predicted octanol–water partition coefficient (Wildman–Crippen LogP) is 2.05. The number of carbonyl (C=O) groups is 1. The average molecular weight is 263 g/mol. The topological polar surface area (TPSA) is 59.2 Å². The molecule has 1 unspecified atom stereocenters. The zero-order chi connectivity index (χ0) is 14.3. The maximum absolute atomic E-state index is 12.5. The highest BCUT2D eigenvalue weighted by atomic mass is 16.2. The van der Waals surface area contributed by atoms with Crippen LogP contribution in [0.4, 0.5) is 0 Å². The molecule has 0 saturated carbocycles. The van der Waals surface area contributed by atoms with Crippen molar-refractivity contribution in [1.29, 1.82) is 0 Å². The Labute approximate surface area is 116 Å². The van der Waals surface area contributed by atoms with Gasteiger partial charge in [-0.05, 0) is 30.5 Å². The summed E-state index contributed by atoms with van der Waals surface area (Å²) < 4.78 is 0. The van der Waals surface area contributed by atoms with Crippen molar-refractivity contribution in [3.05, 3.63) is 30.1 Å². The number of rotatable bonds is 7. The number of hydrogen-bond donors (Lipinski definition) is 1. The molecular formula is C15H25N3O. The molecule has 2 N–H and O–H groups in total. The third-order valence-corrected chi connectivity index (χ3v) is 3.43. The lowest BCUT2D eigenvalue weighted by atomic mass is 9.96. The summed E-state index contributed by atoms with van der Waals surface area (Å²) in [7, 11) is 0. The minimum Gasteiger partial charge on any atom is -0.338 e. The van der Waals surface area contributed by atoms with E-state index in [1.165, 1.54) is 0 Å². The van der Waals surface area contributed by atoms with Gasteiger partial charge in [0.25, 0.3) is 0 Å². The summed E-state index contributed by atoms with van der Waals surface area (Å²) in [6.07, 6.45) is 4.38. The molecule has 4 heteroatoms. The van der Waals surface area contributed by atoms with Crippen molar-refractivity contribution in [1.82, 2.24) is 9.88 Å². The molecule has 1 heterocycles. The van der Waals surface area contributed by atoms with E-state index < -0.39 is 0 Å². The van der Waals surface area contributed by atoms with Crippen LogP contribution in [0.5, 0.6) is 0 Å². The summed E-state index contributed by atoms with van der Waals surface area (Å²) >= 11 is 0. The molecule has 0 bridgehead atoms. The average Bonchev–Trinajstić information content (AvgIpc) is 2.42. The number of amides is 1. The number of aromatic nitrogens is 1. The SMILES string of the molecule is CC(C)C(C)C(=O)N(CCCN)Cc1cccnc1. The zero-order valence-electron chi connectivity index (χ0n) is 12.2. The fourth-order valence-electron chi connectivity index (χ4n) is 1.83. The molecule has 106 valence electrons. The second kappa shape index (κ2) is 7.89. The normalized spacial score (nSPS) is 12.5. The lowest BCUT2D eigenvalue weighted by molar-refractivity contribution is -0.137. The fraction of sp³-hybridized carbons (Fsp3) is 0.600. The summed E-state index contributed by atoms with van der Waals surface area (Å²) in [4.78, 5) is 18.5. The Kier molecular flexibility index (Phi) is 6.50. The molecule has 0 aliphatic carbocycles. The summed E-state index contributed by atoms with van der Waals surface area (Å²) in [5.74, 6) is 0.587. The van der Waals surface area contributed by atoms with E-state index in [1.807, 2.05) is 30.2 Å². The monoisotopic (exact) mass is 263 g/mol. The molecule has 1 rings (SSSR count). The van der Waals surface area contributed by atoms with Crippen LogP contribution in [0.25, 0.3) is 0 Å². The molecule has 1 aromatic rings. The van der Waals surface area contributed by atoms with Gasteiger partial charge in [0.05, 0.1) is 0 Å². The fourth-order valence-corrected chi connectivity index (χ4v) is 1.83. The van der Waals surface area contributed by atoms with Crippen LogP contribution < -0.4 is 5.73 Å². The predicted molar refractivity (Wildman–Crippen MR) is 77.3 cm³/mol. The number of nitrogens with zero attached hydrogens (tertiary/aromatic N) is 2. The van der Waals surface area contributed by atoms with Crippen LogP contribution in [0.2, 0.25) is 0 Å². The second-order valence-corrected chi connectivity index (χ2v) is 5.30. The van der Waals surface area contributed by atoms with Crippen LogP contribution in [0, 0.1) is 11.8 Å². The summed E-state index contributed by atoms with van der Waals surface area (Å²) in [5, 5.41) is 0. The first-order valence-corrected chi connectivity index (χ1v) is 6.94. The van der Waals surface area contributed by atoms with Gasteiger partial charge >= 0.3 is 0 Å². The van der Waals surface area contributed by atoms with Crippen LogP contribution in [0.1, 0.15) is 32.8 Å². The third kappa shape index (κ3) is 4.99. The molecular weight excluding hydrogens is 238 g/mol. The van der Waals surface area contributed by atoms with Gasteiger partial charge in [0.2, 0.25) is 5.91 Å². The van der Waals surface area contributed by atoms with E-state index in [2.05, 4.69) is 18.8 Å². The number of pyridine rings is 1. The van der Waals surface area contributed by atoms with Crippen LogP contribution in [-0.4, -0.2) is 28.9 Å². The summed E-state index contributed by atoms with van der Waals surface area (Å²) in [6, 6.07) is 3.89. The molecule has 0 saturated heterocycles. The molecule has 4 nitrogen and oxygen atoms in total. The van der Waals surface area contributed by atoms with E-state index >= 15 is 0 Å². The Bertz CT molecular complexity index is 378. The lowest BCUT2D eigenvalue weighted by Gasteiger charge is -2.27. The molecule has 0 aliphatic rings. The first kappa shape index (κ1) is 15.6. The molecule has 0 aliphatic heterocycles. The second-order valence-electron chi connectivity index (χ2n) is 5.30. The van der Waals surface area contributed by atoms with E-state index in [9.17, 15) is 4.79 Å². The Balaban J connectivity index is 2.74. The van der Waals surface area contributed by atoms with Gasteiger partial charge in [0, 0.05) is 31.4 Å². The number of nitrogens with two attached hydrogens (primary N) is 1. The molecule has 1 aromatic heterocycles. The largest absolute Gasteiger partial charge is 0.338 e. The Morgan fingerprint density at radius 3 is 2.68 bits per heavy atom. The van der Waals surface area contributed by atoms with E-state index in [4.69, 9.17) is 5.73 Å². The van der Waals surface area contributed by atoms with Gasteiger partial charge in [-0.2, -0.15) is 0 Å². The minimum absolute atomic E-state index is 0.0365. The minimum atomic E-state index is 0.0365. The smallest absolute Gasteiger partial charge is 0.225 e. The highest BCUT2D eigenvalue weighted by Gasteiger charge is 2.22. The van der Waals surface area contributed by atoms with Crippen molar-refractivity contribution < 1.29 is 4.79 Å². The first-order valence-electron chi connectivity index (χ1n) is 6.94. The first-order chi connectivity index (χ1) is 9.06. The maximum Gasteiger partial charge on any atom is 0.225 e. The summed E-state index contributed by atoms with van der Waals surface area (Å²) in [6.45, 7) is 8.07. The van der Waals surface area contributed by atoms with Gasteiger partial charge in [-0.15, -0.1) is 0 Å². The van der Waals surface area contributed by atoms with Crippen LogP contribution in [0.3, 0.4) is 0 Å². The molecule has 0 spiro atoms. The molecule has 1 amide bonds. The van der Waals surface area contributed by atoms with E-state index in [-0.39, 0.29) is 11.8 Å². The molecule has 19 heavy (non-hydrogen) atoms. The van der Waals surface area contributed by atoms with Crippen molar-refractivity contribution in [2.24, 2.45) is 17.6 Å². The van der Waals surface area contributed by atoms with E-state index in [0.29, 0.717) is 25.6 Å². The van der Waals surface area contributed by atoms with Gasteiger partial charge in [-0.1, -0.05) is 26.8 Å². The van der Waals surface area contributed by atoms with Crippen LogP contribution >= 0.6 is 0 Å². The van der Waals surface area contributed by atoms with Gasteiger partial charge in [-0.25, -0.2) is 0 Å². The Morgan fingerprint density at radius 1 is 1.42 bits per heavy atom. The molecule has 0 aromatic carbocycles. The van der Waals surface area contributed by atoms with Gasteiger partial charge in [0.15, 0.2) is 0 Å². The maximum atomic E-state index is 12.5.